The van der Waals surface area contributed by atoms with E-state index in [-0.39, 0.29) is 6.54 Å². The third kappa shape index (κ3) is 5.11. The van der Waals surface area contributed by atoms with E-state index in [0.29, 0.717) is 16.9 Å². The molecule has 1 unspecified atom stereocenters. The molecule has 1 heterocycles. The predicted molar refractivity (Wildman–Crippen MR) is 109 cm³/mol. The number of halogens is 3. The molecular formula is C22H24F3N3O2. The Hall–Kier alpha value is -3.03. The second-order valence-electron chi connectivity index (χ2n) is 8.38. The summed E-state index contributed by atoms with van der Waals surface area (Å²) in [6.45, 7) is 5.50. The molecule has 30 heavy (non-hydrogen) atoms. The van der Waals surface area contributed by atoms with Crippen molar-refractivity contribution in [1.82, 2.24) is 5.32 Å². The third-order valence-corrected chi connectivity index (χ3v) is 4.68. The zero-order valence-electron chi connectivity index (χ0n) is 17.0. The fraction of sp³-hybridized carbons (Fsp3) is 0.364. The Morgan fingerprint density at radius 3 is 2.37 bits per heavy atom. The molecule has 2 aromatic carbocycles. The Labute approximate surface area is 173 Å². The van der Waals surface area contributed by atoms with Crippen LogP contribution < -0.4 is 15.5 Å². The maximum atomic E-state index is 13.6. The summed E-state index contributed by atoms with van der Waals surface area (Å²) in [4.78, 5) is 26.0. The molecule has 0 saturated carbocycles. The van der Waals surface area contributed by atoms with Gasteiger partial charge in [0.2, 0.25) is 5.91 Å². The molecule has 3 amide bonds. The second-order valence-corrected chi connectivity index (χ2v) is 8.38. The highest BCUT2D eigenvalue weighted by Gasteiger charge is 2.49. The average Bonchev–Trinajstić information content (AvgIpc) is 2.62. The van der Waals surface area contributed by atoms with Crippen LogP contribution in [0.1, 0.15) is 31.9 Å². The van der Waals surface area contributed by atoms with E-state index in [2.05, 4.69) is 10.6 Å². The molecule has 1 aliphatic rings. The van der Waals surface area contributed by atoms with Crippen molar-refractivity contribution in [2.45, 2.75) is 45.5 Å². The largest absolute Gasteiger partial charge is 0.400 e. The standard InChI is InChI=1S/C22H24F3N3O2/c1-21(2,3)27-20(30)26-16-9-10-18-15(11-16)12-17(22(23,24)25)19(29)28(18)13-14-7-5-4-6-8-14/h4-11,17H,12-13H2,1-3H3,(H2,26,27,30). The molecular weight excluding hydrogens is 395 g/mol. The van der Waals surface area contributed by atoms with E-state index >= 15 is 0 Å². The van der Waals surface area contributed by atoms with Crippen molar-refractivity contribution in [3.8, 4) is 0 Å². The number of benzene rings is 2. The van der Waals surface area contributed by atoms with Crippen LogP contribution in [-0.2, 0) is 17.8 Å². The van der Waals surface area contributed by atoms with Crippen molar-refractivity contribution in [2.75, 3.05) is 10.2 Å². The molecule has 0 spiro atoms. The first-order valence-electron chi connectivity index (χ1n) is 9.58. The summed E-state index contributed by atoms with van der Waals surface area (Å²) in [5.74, 6) is -3.09. The molecule has 2 aromatic rings. The van der Waals surface area contributed by atoms with Gasteiger partial charge in [-0.25, -0.2) is 4.79 Å². The number of carbonyl (C=O) groups excluding carboxylic acids is 2. The minimum absolute atomic E-state index is 0.0382. The summed E-state index contributed by atoms with van der Waals surface area (Å²) in [6, 6.07) is 13.1. The molecule has 0 aliphatic carbocycles. The molecule has 1 aliphatic heterocycles. The Morgan fingerprint density at radius 1 is 1.10 bits per heavy atom. The van der Waals surface area contributed by atoms with Crippen LogP contribution in [0.4, 0.5) is 29.3 Å². The number of hydrogen-bond acceptors (Lipinski definition) is 2. The van der Waals surface area contributed by atoms with E-state index in [0.717, 1.165) is 5.56 Å². The molecule has 1 atom stereocenters. The highest BCUT2D eigenvalue weighted by molar-refractivity contribution is 5.99. The number of fused-ring (bicyclic) bond motifs is 1. The Balaban J connectivity index is 1.93. The minimum atomic E-state index is -4.66. The number of carbonyl (C=O) groups is 2. The summed E-state index contributed by atoms with van der Waals surface area (Å²) >= 11 is 0. The number of nitrogens with zero attached hydrogens (tertiary/aromatic N) is 1. The maximum Gasteiger partial charge on any atom is 0.400 e. The van der Waals surface area contributed by atoms with Crippen LogP contribution in [0.15, 0.2) is 48.5 Å². The first kappa shape index (κ1) is 21.7. The number of hydrogen-bond donors (Lipinski definition) is 2. The quantitative estimate of drug-likeness (QED) is 0.745. The molecule has 0 radical (unpaired) electrons. The second kappa shape index (κ2) is 8.01. The van der Waals surface area contributed by atoms with Crippen molar-refractivity contribution in [1.29, 1.82) is 0 Å². The van der Waals surface area contributed by atoms with Crippen molar-refractivity contribution in [3.05, 3.63) is 59.7 Å². The van der Waals surface area contributed by atoms with Gasteiger partial charge in [-0.2, -0.15) is 13.2 Å². The lowest BCUT2D eigenvalue weighted by molar-refractivity contribution is -0.181. The van der Waals surface area contributed by atoms with Gasteiger partial charge in [0.1, 0.15) is 5.92 Å². The number of amides is 3. The van der Waals surface area contributed by atoms with Gasteiger partial charge < -0.3 is 15.5 Å². The molecule has 3 rings (SSSR count). The molecule has 8 heteroatoms. The average molecular weight is 419 g/mol. The number of alkyl halides is 3. The van der Waals surface area contributed by atoms with Crippen LogP contribution in [0.5, 0.6) is 0 Å². The van der Waals surface area contributed by atoms with Gasteiger partial charge in [0, 0.05) is 16.9 Å². The van der Waals surface area contributed by atoms with E-state index in [1.807, 2.05) is 20.8 Å². The van der Waals surface area contributed by atoms with E-state index in [9.17, 15) is 22.8 Å². The third-order valence-electron chi connectivity index (χ3n) is 4.68. The van der Waals surface area contributed by atoms with Gasteiger partial charge in [0.15, 0.2) is 0 Å². The van der Waals surface area contributed by atoms with Crippen LogP contribution in [0.3, 0.4) is 0 Å². The molecule has 160 valence electrons. The van der Waals surface area contributed by atoms with Crippen molar-refractivity contribution in [2.24, 2.45) is 5.92 Å². The summed E-state index contributed by atoms with van der Waals surface area (Å²) in [5, 5.41) is 5.38. The van der Waals surface area contributed by atoms with E-state index < -0.39 is 36.0 Å². The minimum Gasteiger partial charge on any atom is -0.333 e. The molecule has 0 bridgehead atoms. The van der Waals surface area contributed by atoms with Crippen molar-refractivity contribution >= 4 is 23.3 Å². The molecule has 0 saturated heterocycles. The maximum absolute atomic E-state index is 13.6. The Kier molecular flexibility index (Phi) is 5.78. The van der Waals surface area contributed by atoms with E-state index in [1.54, 1.807) is 42.5 Å². The molecule has 2 N–H and O–H groups in total. The summed E-state index contributed by atoms with van der Waals surface area (Å²) in [5.41, 5.74) is 1.42. The number of rotatable bonds is 3. The Morgan fingerprint density at radius 2 is 1.77 bits per heavy atom. The number of urea groups is 1. The molecule has 0 aromatic heterocycles. The van der Waals surface area contributed by atoms with Crippen LogP contribution >= 0.6 is 0 Å². The summed E-state index contributed by atoms with van der Waals surface area (Å²) < 4.78 is 40.7. The SMILES string of the molecule is CC(C)(C)NC(=O)Nc1ccc2c(c1)CC(C(F)(F)F)C(=O)N2Cc1ccccc1. The summed E-state index contributed by atoms with van der Waals surface area (Å²) in [7, 11) is 0. The Bertz CT molecular complexity index is 937. The lowest BCUT2D eigenvalue weighted by Crippen LogP contribution is -2.47. The van der Waals surface area contributed by atoms with Gasteiger partial charge in [-0.15, -0.1) is 0 Å². The lowest BCUT2D eigenvalue weighted by Gasteiger charge is -2.35. The van der Waals surface area contributed by atoms with Crippen LogP contribution in [-0.4, -0.2) is 23.7 Å². The lowest BCUT2D eigenvalue weighted by atomic mass is 9.90. The van der Waals surface area contributed by atoms with E-state index in [4.69, 9.17) is 0 Å². The van der Waals surface area contributed by atoms with Gasteiger partial charge in [0.05, 0.1) is 6.54 Å². The van der Waals surface area contributed by atoms with Crippen molar-refractivity contribution in [3.63, 3.8) is 0 Å². The number of nitrogens with one attached hydrogen (secondary N) is 2. The highest BCUT2D eigenvalue weighted by atomic mass is 19.4. The van der Waals surface area contributed by atoms with Gasteiger partial charge in [-0.3, -0.25) is 4.79 Å². The first-order chi connectivity index (χ1) is 13.9. The van der Waals surface area contributed by atoms with Gasteiger partial charge in [-0.1, -0.05) is 30.3 Å². The highest BCUT2D eigenvalue weighted by Crippen LogP contribution is 2.40. The van der Waals surface area contributed by atoms with Gasteiger partial charge in [0.25, 0.3) is 0 Å². The topological polar surface area (TPSA) is 61.4 Å². The fourth-order valence-corrected chi connectivity index (χ4v) is 3.39. The van der Waals surface area contributed by atoms with Gasteiger partial charge in [-0.05, 0) is 56.5 Å². The molecule has 0 fully saturated rings. The summed E-state index contributed by atoms with van der Waals surface area (Å²) in [6.07, 6.45) is -5.11. The smallest absolute Gasteiger partial charge is 0.333 e. The van der Waals surface area contributed by atoms with Crippen LogP contribution in [0.2, 0.25) is 0 Å². The monoisotopic (exact) mass is 419 g/mol. The van der Waals surface area contributed by atoms with Crippen LogP contribution in [0.25, 0.3) is 0 Å². The van der Waals surface area contributed by atoms with Crippen LogP contribution in [0, 0.1) is 5.92 Å². The zero-order valence-corrected chi connectivity index (χ0v) is 17.0. The normalized spacial score (nSPS) is 16.8. The van der Waals surface area contributed by atoms with Crippen molar-refractivity contribution < 1.29 is 22.8 Å². The van der Waals surface area contributed by atoms with Gasteiger partial charge >= 0.3 is 12.2 Å². The zero-order chi connectivity index (χ0) is 22.1. The predicted octanol–water partition coefficient (Wildman–Crippen LogP) is 4.87. The fourth-order valence-electron chi connectivity index (χ4n) is 3.39. The number of anilines is 2. The van der Waals surface area contributed by atoms with E-state index in [1.165, 1.54) is 11.0 Å². The molecule has 5 nitrogen and oxygen atoms in total. The first-order valence-corrected chi connectivity index (χ1v) is 9.58.